The lowest BCUT2D eigenvalue weighted by Crippen LogP contribution is -2.45. The highest BCUT2D eigenvalue weighted by Gasteiger charge is 2.34. The molecule has 1 aromatic rings. The second-order valence-electron chi connectivity index (χ2n) is 8.60. The van der Waals surface area contributed by atoms with Crippen LogP contribution in [-0.4, -0.2) is 62.3 Å². The predicted octanol–water partition coefficient (Wildman–Crippen LogP) is 2.51. The van der Waals surface area contributed by atoms with Crippen LogP contribution >= 0.6 is 0 Å². The molecule has 194 valence electrons. The zero-order valence-electron chi connectivity index (χ0n) is 20.8. The number of Topliss-reactive ketones (excluding diaryl/α,β-unsaturated/α-hetero) is 1. The maximum Gasteiger partial charge on any atom is 0.408 e. The van der Waals surface area contributed by atoms with Crippen LogP contribution in [0.15, 0.2) is 30.3 Å². The first-order valence-corrected chi connectivity index (χ1v) is 11.1. The Morgan fingerprint density at radius 2 is 1.51 bits per heavy atom. The van der Waals surface area contributed by atoms with Crippen LogP contribution in [0.4, 0.5) is 9.59 Å². The highest BCUT2D eigenvalue weighted by atomic mass is 16.6. The molecule has 11 nitrogen and oxygen atoms in total. The quantitative estimate of drug-likeness (QED) is 0.194. The number of carbonyl (C=O) groups excluding carboxylic acids is 5. The van der Waals surface area contributed by atoms with Crippen molar-refractivity contribution in [3.05, 3.63) is 35.9 Å². The van der Waals surface area contributed by atoms with Crippen LogP contribution in [0.3, 0.4) is 0 Å². The Labute approximate surface area is 204 Å². The number of hydrogen-bond acceptors (Lipinski definition) is 9. The minimum absolute atomic E-state index is 0.103. The minimum atomic E-state index is -1.47. The van der Waals surface area contributed by atoms with Crippen molar-refractivity contribution in [2.75, 3.05) is 20.8 Å². The molecule has 0 radical (unpaired) electrons. The van der Waals surface area contributed by atoms with E-state index in [1.807, 2.05) is 30.3 Å². The Kier molecular flexibility index (Phi) is 12.3. The number of alkyl carbamates (subject to hydrolysis) is 2. The number of benzene rings is 1. The molecule has 0 bridgehead atoms. The van der Waals surface area contributed by atoms with Crippen LogP contribution in [0.25, 0.3) is 0 Å². The van der Waals surface area contributed by atoms with Gasteiger partial charge in [0.15, 0.2) is 11.7 Å². The molecule has 35 heavy (non-hydrogen) atoms. The lowest BCUT2D eigenvalue weighted by molar-refractivity contribution is -0.160. The molecule has 0 aliphatic carbocycles. The van der Waals surface area contributed by atoms with Crippen molar-refractivity contribution in [2.24, 2.45) is 5.92 Å². The predicted molar refractivity (Wildman–Crippen MR) is 124 cm³/mol. The molecule has 1 aromatic carbocycles. The molecule has 0 aliphatic rings. The maximum absolute atomic E-state index is 12.9. The lowest BCUT2D eigenvalue weighted by Gasteiger charge is -2.24. The van der Waals surface area contributed by atoms with Crippen LogP contribution in [0.1, 0.15) is 45.6 Å². The molecule has 1 unspecified atom stereocenters. The standard InChI is InChI=1S/C24H34N2O9/c1-24(2,3)35-23(31)26-18(19(27)14-17(20(28)32-4)21(29)33-5)12-9-13-25-22(30)34-15-16-10-7-6-8-11-16/h6-8,10-11,17-18H,9,12-15H2,1-5H3,(H,25,30)(H,26,31). The van der Waals surface area contributed by atoms with E-state index in [4.69, 9.17) is 9.47 Å². The van der Waals surface area contributed by atoms with Gasteiger partial charge in [0, 0.05) is 13.0 Å². The summed E-state index contributed by atoms with van der Waals surface area (Å²) in [6.45, 7) is 5.26. The Bertz CT molecular complexity index is 849. The van der Waals surface area contributed by atoms with Gasteiger partial charge in [0.1, 0.15) is 12.2 Å². The van der Waals surface area contributed by atoms with E-state index in [1.54, 1.807) is 20.8 Å². The third-order valence-electron chi connectivity index (χ3n) is 4.61. The van der Waals surface area contributed by atoms with Crippen molar-refractivity contribution in [3.8, 4) is 0 Å². The van der Waals surface area contributed by atoms with Crippen molar-refractivity contribution >= 4 is 29.9 Å². The van der Waals surface area contributed by atoms with E-state index in [0.717, 1.165) is 19.8 Å². The van der Waals surface area contributed by atoms with Crippen LogP contribution < -0.4 is 10.6 Å². The SMILES string of the molecule is COC(=O)C(CC(=O)C(CCCNC(=O)OCc1ccccc1)NC(=O)OC(C)(C)C)C(=O)OC. The fraction of sp³-hybridized carbons (Fsp3) is 0.542. The van der Waals surface area contributed by atoms with Gasteiger partial charge >= 0.3 is 24.1 Å². The van der Waals surface area contributed by atoms with E-state index >= 15 is 0 Å². The third-order valence-corrected chi connectivity index (χ3v) is 4.61. The minimum Gasteiger partial charge on any atom is -0.468 e. The van der Waals surface area contributed by atoms with Crippen molar-refractivity contribution in [2.45, 2.75) is 58.3 Å². The summed E-state index contributed by atoms with van der Waals surface area (Å²) in [5, 5.41) is 5.04. The van der Waals surface area contributed by atoms with E-state index in [0.29, 0.717) is 0 Å². The average molecular weight is 495 g/mol. The number of ether oxygens (including phenoxy) is 4. The van der Waals surface area contributed by atoms with Gasteiger partial charge in [0.2, 0.25) is 0 Å². The summed E-state index contributed by atoms with van der Waals surface area (Å²) in [6, 6.07) is 8.07. The molecule has 0 saturated heterocycles. The monoisotopic (exact) mass is 494 g/mol. The molecule has 1 rings (SSSR count). The number of hydrogen-bond donors (Lipinski definition) is 2. The van der Waals surface area contributed by atoms with E-state index in [-0.39, 0.29) is 26.0 Å². The number of amides is 2. The molecule has 2 N–H and O–H groups in total. The highest BCUT2D eigenvalue weighted by molar-refractivity contribution is 6.00. The van der Waals surface area contributed by atoms with Crippen LogP contribution in [0.2, 0.25) is 0 Å². The van der Waals surface area contributed by atoms with Crippen LogP contribution in [-0.2, 0) is 39.9 Å². The van der Waals surface area contributed by atoms with E-state index < -0.39 is 53.9 Å². The maximum atomic E-state index is 12.9. The first-order valence-electron chi connectivity index (χ1n) is 11.1. The lowest BCUT2D eigenvalue weighted by atomic mass is 9.96. The molecule has 0 spiro atoms. The Morgan fingerprint density at radius 3 is 2.06 bits per heavy atom. The van der Waals surface area contributed by atoms with Gasteiger partial charge in [-0.05, 0) is 39.2 Å². The molecule has 0 aromatic heterocycles. The fourth-order valence-electron chi connectivity index (χ4n) is 2.93. The van der Waals surface area contributed by atoms with Gasteiger partial charge in [-0.3, -0.25) is 14.4 Å². The summed E-state index contributed by atoms with van der Waals surface area (Å²) < 4.78 is 19.5. The van der Waals surface area contributed by atoms with E-state index in [1.165, 1.54) is 0 Å². The van der Waals surface area contributed by atoms with Gasteiger partial charge < -0.3 is 29.6 Å². The van der Waals surface area contributed by atoms with E-state index in [2.05, 4.69) is 20.1 Å². The largest absolute Gasteiger partial charge is 0.468 e. The Balaban J connectivity index is 2.70. The third kappa shape index (κ3) is 11.9. The summed E-state index contributed by atoms with van der Waals surface area (Å²) in [5.41, 5.74) is 0.0307. The molecule has 0 saturated carbocycles. The number of methoxy groups -OCH3 is 2. The molecule has 1 atom stereocenters. The van der Waals surface area contributed by atoms with Gasteiger partial charge in [-0.15, -0.1) is 0 Å². The van der Waals surface area contributed by atoms with Crippen molar-refractivity contribution in [1.29, 1.82) is 0 Å². The average Bonchev–Trinajstić information content (AvgIpc) is 2.81. The molecule has 0 aliphatic heterocycles. The molecular formula is C24H34N2O9. The first kappa shape index (κ1) is 29.4. The molecule has 0 fully saturated rings. The number of rotatable bonds is 12. The van der Waals surface area contributed by atoms with Crippen molar-refractivity contribution < 1.29 is 42.9 Å². The second kappa shape index (κ2) is 14.6. The zero-order valence-corrected chi connectivity index (χ0v) is 20.8. The van der Waals surface area contributed by atoms with Gasteiger partial charge in [0.05, 0.1) is 20.3 Å². The smallest absolute Gasteiger partial charge is 0.408 e. The van der Waals surface area contributed by atoms with Gasteiger partial charge in [0.25, 0.3) is 0 Å². The molecule has 0 heterocycles. The second-order valence-corrected chi connectivity index (χ2v) is 8.60. The number of nitrogens with one attached hydrogen (secondary N) is 2. The normalized spacial score (nSPS) is 11.7. The number of carbonyl (C=O) groups is 5. The first-order chi connectivity index (χ1) is 16.5. The van der Waals surface area contributed by atoms with Gasteiger partial charge in [-0.25, -0.2) is 9.59 Å². The molecular weight excluding hydrogens is 460 g/mol. The Morgan fingerprint density at radius 1 is 0.914 bits per heavy atom. The van der Waals surface area contributed by atoms with Crippen molar-refractivity contribution in [1.82, 2.24) is 10.6 Å². The summed E-state index contributed by atoms with van der Waals surface area (Å²) in [4.78, 5) is 60.9. The fourth-order valence-corrected chi connectivity index (χ4v) is 2.93. The highest BCUT2D eigenvalue weighted by Crippen LogP contribution is 2.14. The summed E-state index contributed by atoms with van der Waals surface area (Å²) in [6.07, 6.45) is -1.61. The summed E-state index contributed by atoms with van der Waals surface area (Å²) in [5.74, 6) is -3.91. The number of ketones is 1. The van der Waals surface area contributed by atoms with Crippen LogP contribution in [0.5, 0.6) is 0 Å². The van der Waals surface area contributed by atoms with Crippen molar-refractivity contribution in [3.63, 3.8) is 0 Å². The topological polar surface area (TPSA) is 146 Å². The summed E-state index contributed by atoms with van der Waals surface area (Å²) in [7, 11) is 2.17. The van der Waals surface area contributed by atoms with Gasteiger partial charge in [-0.2, -0.15) is 0 Å². The van der Waals surface area contributed by atoms with Gasteiger partial charge in [-0.1, -0.05) is 30.3 Å². The summed E-state index contributed by atoms with van der Waals surface area (Å²) >= 11 is 0. The number of esters is 2. The molecule has 2 amide bonds. The van der Waals surface area contributed by atoms with Crippen LogP contribution in [0, 0.1) is 5.92 Å². The molecule has 11 heteroatoms. The zero-order chi connectivity index (χ0) is 26.4. The van der Waals surface area contributed by atoms with E-state index in [9.17, 15) is 24.0 Å². The Hall–Kier alpha value is -3.63.